The third-order valence-corrected chi connectivity index (χ3v) is 12.5. The van der Waals surface area contributed by atoms with Gasteiger partial charge < -0.3 is 64.2 Å². The molecule has 15 heteroatoms. The van der Waals surface area contributed by atoms with E-state index in [1.165, 1.54) is 70.6 Å². The summed E-state index contributed by atoms with van der Waals surface area (Å²) in [6, 6.07) is 0. The topological polar surface area (TPSA) is 231 Å². The maximum Gasteiger partial charge on any atom is 0.306 e. The molecule has 2 rings (SSSR count). The maximum atomic E-state index is 13.0. The highest BCUT2D eigenvalue weighted by atomic mass is 16.7. The molecule has 2 aliphatic heterocycles. The van der Waals surface area contributed by atoms with Crippen LogP contribution in [0.5, 0.6) is 0 Å². The molecule has 0 bridgehead atoms. The van der Waals surface area contributed by atoms with Crippen LogP contribution in [0.15, 0.2) is 60.8 Å². The Morgan fingerprint density at radius 2 is 0.900 bits per heavy atom. The minimum atomic E-state index is -1.77. The standard InChI is InChI=1S/C55H94O15/c1-3-5-7-9-11-13-15-17-18-19-20-21-22-23-24-26-27-29-31-33-35-37-46(57)65-40-43(68-47(58)38-36-34-32-30-28-25-16-14-12-10-8-6-4-2)41-66-54-53(64)51(62)49(60)45(70-54)42-67-55-52(63)50(61)48(59)44(39-56)69-55/h6,8,12,14-15,17,19-20,25,28,43-45,48-56,59-64H,3-5,7,9-11,13,16,18,21-24,26-27,29-42H2,1-2H3/b8-6-,14-12-,17-15-,20-19-,28-25-. The van der Waals surface area contributed by atoms with Gasteiger partial charge >= 0.3 is 11.9 Å². The quantitative estimate of drug-likeness (QED) is 0.0175. The predicted octanol–water partition coefficient (Wildman–Crippen LogP) is 8.05. The van der Waals surface area contributed by atoms with Gasteiger partial charge in [-0.05, 0) is 77.0 Å². The molecule has 0 aromatic heterocycles. The SMILES string of the molecule is CC/C=C\C/C=C\C/C=C\CCCCCC(=O)OC(COC(=O)CCCCCCCCCCC/C=C\C/C=C\CCCCCCC)COC1OC(COC2OC(CO)C(O)C(O)C2O)C(O)C(O)C1O. The average molecular weight is 995 g/mol. The van der Waals surface area contributed by atoms with Gasteiger partial charge in [0, 0.05) is 12.8 Å². The van der Waals surface area contributed by atoms with Crippen LogP contribution in [0.2, 0.25) is 0 Å². The van der Waals surface area contributed by atoms with E-state index < -0.39 is 99.3 Å². The summed E-state index contributed by atoms with van der Waals surface area (Å²) in [7, 11) is 0. The van der Waals surface area contributed by atoms with E-state index in [-0.39, 0.29) is 19.4 Å². The highest BCUT2D eigenvalue weighted by molar-refractivity contribution is 5.70. The van der Waals surface area contributed by atoms with Gasteiger partial charge in [-0.3, -0.25) is 9.59 Å². The molecular weight excluding hydrogens is 901 g/mol. The lowest BCUT2D eigenvalue weighted by atomic mass is 9.98. The maximum absolute atomic E-state index is 13.0. The molecule has 0 saturated carbocycles. The number of unbranched alkanes of at least 4 members (excludes halogenated alkanes) is 17. The molecule has 2 aliphatic rings. The molecule has 0 amide bonds. The van der Waals surface area contributed by atoms with E-state index in [9.17, 15) is 45.3 Å². The zero-order valence-electron chi connectivity index (χ0n) is 42.7. The fourth-order valence-corrected chi connectivity index (χ4v) is 8.08. The molecule has 404 valence electrons. The summed E-state index contributed by atoms with van der Waals surface area (Å²) in [5.74, 6) is -0.966. The Bertz CT molecular complexity index is 1450. The van der Waals surface area contributed by atoms with Gasteiger partial charge in [0.2, 0.25) is 0 Å². The largest absolute Gasteiger partial charge is 0.462 e. The highest BCUT2D eigenvalue weighted by Gasteiger charge is 2.47. The first-order valence-corrected chi connectivity index (χ1v) is 26.9. The first-order chi connectivity index (χ1) is 34.0. The smallest absolute Gasteiger partial charge is 0.306 e. The first kappa shape index (κ1) is 63.3. The van der Waals surface area contributed by atoms with Crippen molar-refractivity contribution in [2.75, 3.05) is 26.4 Å². The van der Waals surface area contributed by atoms with Gasteiger partial charge in [0.1, 0.15) is 55.4 Å². The molecule has 2 saturated heterocycles. The van der Waals surface area contributed by atoms with Crippen molar-refractivity contribution >= 4 is 11.9 Å². The molecule has 2 fully saturated rings. The van der Waals surface area contributed by atoms with Gasteiger partial charge in [0.25, 0.3) is 0 Å². The second-order valence-corrected chi connectivity index (χ2v) is 18.7. The summed E-state index contributed by atoms with van der Waals surface area (Å²) >= 11 is 0. The van der Waals surface area contributed by atoms with Gasteiger partial charge in [-0.25, -0.2) is 0 Å². The summed E-state index contributed by atoms with van der Waals surface area (Å²) in [6.07, 6.45) is 31.1. The molecule has 70 heavy (non-hydrogen) atoms. The number of ether oxygens (including phenoxy) is 6. The second kappa shape index (κ2) is 41.6. The number of hydrogen-bond acceptors (Lipinski definition) is 15. The molecule has 0 spiro atoms. The van der Waals surface area contributed by atoms with Gasteiger partial charge in [-0.2, -0.15) is 0 Å². The molecule has 7 N–H and O–H groups in total. The fraction of sp³-hybridized carbons (Fsp3) is 0.782. The number of esters is 2. The van der Waals surface area contributed by atoms with Crippen molar-refractivity contribution in [3.8, 4) is 0 Å². The summed E-state index contributed by atoms with van der Waals surface area (Å²) in [4.78, 5) is 25.8. The summed E-state index contributed by atoms with van der Waals surface area (Å²) < 4.78 is 33.6. The molecule has 2 heterocycles. The van der Waals surface area contributed by atoms with E-state index in [0.717, 1.165) is 70.6 Å². The van der Waals surface area contributed by atoms with Crippen molar-refractivity contribution in [1.82, 2.24) is 0 Å². The number of allylic oxidation sites excluding steroid dienone is 10. The highest BCUT2D eigenvalue weighted by Crippen LogP contribution is 2.26. The van der Waals surface area contributed by atoms with E-state index >= 15 is 0 Å². The number of carbonyl (C=O) groups excluding carboxylic acids is 2. The molecule has 0 radical (unpaired) electrons. The van der Waals surface area contributed by atoms with Crippen LogP contribution in [0.25, 0.3) is 0 Å². The minimum absolute atomic E-state index is 0.127. The van der Waals surface area contributed by atoms with Crippen LogP contribution in [0.4, 0.5) is 0 Å². The van der Waals surface area contributed by atoms with E-state index in [0.29, 0.717) is 12.8 Å². The molecule has 0 aromatic rings. The van der Waals surface area contributed by atoms with Crippen LogP contribution >= 0.6 is 0 Å². The van der Waals surface area contributed by atoms with Crippen LogP contribution in [0.1, 0.15) is 181 Å². The average Bonchev–Trinajstić information content (AvgIpc) is 3.35. The summed E-state index contributed by atoms with van der Waals surface area (Å²) in [5.41, 5.74) is 0. The number of aliphatic hydroxyl groups excluding tert-OH is 7. The number of rotatable bonds is 41. The number of hydrogen-bond donors (Lipinski definition) is 7. The number of carbonyl (C=O) groups is 2. The third kappa shape index (κ3) is 29.0. The summed E-state index contributed by atoms with van der Waals surface area (Å²) in [5, 5.41) is 72.1. The number of aliphatic hydroxyl groups is 7. The van der Waals surface area contributed by atoms with Crippen LogP contribution in [0, 0.1) is 0 Å². The summed E-state index contributed by atoms with van der Waals surface area (Å²) in [6.45, 7) is 2.42. The van der Waals surface area contributed by atoms with E-state index in [2.05, 4.69) is 74.6 Å². The predicted molar refractivity (Wildman–Crippen MR) is 270 cm³/mol. The third-order valence-electron chi connectivity index (χ3n) is 12.5. The van der Waals surface area contributed by atoms with Crippen molar-refractivity contribution in [3.05, 3.63) is 60.8 Å². The molecule has 0 aliphatic carbocycles. The first-order valence-electron chi connectivity index (χ1n) is 26.9. The zero-order valence-corrected chi connectivity index (χ0v) is 42.7. The van der Waals surface area contributed by atoms with Crippen LogP contribution < -0.4 is 0 Å². The van der Waals surface area contributed by atoms with Crippen LogP contribution in [-0.4, -0.2) is 142 Å². The zero-order chi connectivity index (χ0) is 51.0. The van der Waals surface area contributed by atoms with Crippen LogP contribution in [0.3, 0.4) is 0 Å². The Morgan fingerprint density at radius 3 is 1.43 bits per heavy atom. The Kier molecular flexibility index (Phi) is 37.7. The van der Waals surface area contributed by atoms with Gasteiger partial charge in [0.05, 0.1) is 19.8 Å². The van der Waals surface area contributed by atoms with Crippen molar-refractivity contribution in [3.63, 3.8) is 0 Å². The lowest BCUT2D eigenvalue weighted by Crippen LogP contribution is -2.61. The molecule has 0 aromatic carbocycles. The van der Waals surface area contributed by atoms with Gasteiger partial charge in [0.15, 0.2) is 18.7 Å². The molecule has 11 unspecified atom stereocenters. The molecule has 15 nitrogen and oxygen atoms in total. The van der Waals surface area contributed by atoms with Crippen molar-refractivity contribution in [2.24, 2.45) is 0 Å². The lowest BCUT2D eigenvalue weighted by molar-refractivity contribution is -0.332. The lowest BCUT2D eigenvalue weighted by Gasteiger charge is -2.42. The monoisotopic (exact) mass is 995 g/mol. The van der Waals surface area contributed by atoms with Crippen molar-refractivity contribution in [1.29, 1.82) is 0 Å². The van der Waals surface area contributed by atoms with Gasteiger partial charge in [-0.15, -0.1) is 0 Å². The Hall–Kier alpha value is -2.80. The van der Waals surface area contributed by atoms with Crippen molar-refractivity contribution < 1.29 is 73.8 Å². The van der Waals surface area contributed by atoms with E-state index in [4.69, 9.17) is 28.4 Å². The molecular formula is C55H94O15. The van der Waals surface area contributed by atoms with E-state index in [1.807, 2.05) is 0 Å². The van der Waals surface area contributed by atoms with Crippen molar-refractivity contribution in [2.45, 2.75) is 248 Å². The van der Waals surface area contributed by atoms with Gasteiger partial charge in [-0.1, -0.05) is 152 Å². The fourth-order valence-electron chi connectivity index (χ4n) is 8.08. The Labute approximate surface area is 420 Å². The Balaban J connectivity index is 1.77. The molecule has 11 atom stereocenters. The minimum Gasteiger partial charge on any atom is -0.462 e. The second-order valence-electron chi connectivity index (χ2n) is 18.7. The normalized spacial score (nSPS) is 25.8. The van der Waals surface area contributed by atoms with E-state index in [1.54, 1.807) is 0 Å². The Morgan fingerprint density at radius 1 is 0.471 bits per heavy atom. The van der Waals surface area contributed by atoms with Crippen LogP contribution in [-0.2, 0) is 38.0 Å².